The summed E-state index contributed by atoms with van der Waals surface area (Å²) in [5.74, 6) is 0.168. The lowest BCUT2D eigenvalue weighted by Crippen LogP contribution is -2.21. The molecule has 0 amide bonds. The number of methoxy groups -OCH3 is 3. The third-order valence-corrected chi connectivity index (χ3v) is 2.34. The van der Waals surface area contributed by atoms with Crippen molar-refractivity contribution >= 4 is 0 Å². The van der Waals surface area contributed by atoms with Crippen molar-refractivity contribution in [2.75, 3.05) is 21.3 Å². The van der Waals surface area contributed by atoms with Crippen molar-refractivity contribution in [1.82, 2.24) is 0 Å². The van der Waals surface area contributed by atoms with Gasteiger partial charge in [0.1, 0.15) is 5.75 Å². The lowest BCUT2D eigenvalue weighted by atomic mass is 10.1. The number of aliphatic hydroxyl groups excluding tert-OH is 1. The zero-order chi connectivity index (χ0) is 13.9. The average molecular weight is 266 g/mol. The molecule has 0 radical (unpaired) electrons. The Morgan fingerprint density at radius 3 is 1.78 bits per heavy atom. The molecule has 1 rings (SSSR count). The number of aliphatic hydroxyl groups is 1. The van der Waals surface area contributed by atoms with Crippen LogP contribution in [-0.4, -0.2) is 32.6 Å². The van der Waals surface area contributed by atoms with Crippen LogP contribution in [0.5, 0.6) is 17.2 Å². The molecule has 7 heteroatoms. The maximum absolute atomic E-state index is 12.5. The zero-order valence-corrected chi connectivity index (χ0v) is 10.0. The molecular formula is C11H13F3O4. The Morgan fingerprint density at radius 2 is 1.39 bits per heavy atom. The van der Waals surface area contributed by atoms with Crippen LogP contribution in [0.4, 0.5) is 13.2 Å². The zero-order valence-electron chi connectivity index (χ0n) is 10.0. The number of ether oxygens (including phenoxy) is 3. The predicted molar refractivity (Wildman–Crippen MR) is 57.1 cm³/mol. The lowest BCUT2D eigenvalue weighted by Gasteiger charge is -2.19. The number of alkyl halides is 3. The summed E-state index contributed by atoms with van der Waals surface area (Å²) in [5, 5.41) is 9.25. The van der Waals surface area contributed by atoms with Crippen LogP contribution >= 0.6 is 0 Å². The SMILES string of the molecule is COc1cc(OC)c(C(O)C(F)(F)F)cc1OC. The first-order chi connectivity index (χ1) is 8.35. The summed E-state index contributed by atoms with van der Waals surface area (Å²) >= 11 is 0. The number of benzene rings is 1. The van der Waals surface area contributed by atoms with Gasteiger partial charge in [0.05, 0.1) is 21.3 Å². The lowest BCUT2D eigenvalue weighted by molar-refractivity contribution is -0.207. The van der Waals surface area contributed by atoms with E-state index < -0.39 is 17.8 Å². The van der Waals surface area contributed by atoms with Gasteiger partial charge in [-0.05, 0) is 6.07 Å². The van der Waals surface area contributed by atoms with E-state index in [9.17, 15) is 18.3 Å². The molecule has 0 aliphatic heterocycles. The van der Waals surface area contributed by atoms with Crippen molar-refractivity contribution in [3.05, 3.63) is 17.7 Å². The van der Waals surface area contributed by atoms with Gasteiger partial charge in [-0.1, -0.05) is 0 Å². The molecule has 1 aromatic carbocycles. The minimum absolute atomic E-state index is 0.0802. The monoisotopic (exact) mass is 266 g/mol. The minimum atomic E-state index is -4.78. The summed E-state index contributed by atoms with van der Waals surface area (Å²) in [6.07, 6.45) is -7.43. The summed E-state index contributed by atoms with van der Waals surface area (Å²) < 4.78 is 52.1. The van der Waals surface area contributed by atoms with Crippen LogP contribution in [0.15, 0.2) is 12.1 Å². The average Bonchev–Trinajstić information content (AvgIpc) is 2.34. The van der Waals surface area contributed by atoms with E-state index in [0.29, 0.717) is 0 Å². The second-order valence-electron chi connectivity index (χ2n) is 3.39. The first-order valence-electron chi connectivity index (χ1n) is 4.89. The summed E-state index contributed by atoms with van der Waals surface area (Å²) in [6, 6.07) is 2.26. The van der Waals surface area contributed by atoms with Crippen LogP contribution in [0.3, 0.4) is 0 Å². The Morgan fingerprint density at radius 1 is 0.944 bits per heavy atom. The van der Waals surface area contributed by atoms with Gasteiger partial charge in [0.25, 0.3) is 0 Å². The molecule has 0 fully saturated rings. The van der Waals surface area contributed by atoms with E-state index in [-0.39, 0.29) is 17.2 Å². The molecule has 0 heterocycles. The van der Waals surface area contributed by atoms with Gasteiger partial charge < -0.3 is 19.3 Å². The molecule has 1 unspecified atom stereocenters. The van der Waals surface area contributed by atoms with E-state index in [4.69, 9.17) is 14.2 Å². The Hall–Kier alpha value is -1.63. The van der Waals surface area contributed by atoms with Crippen LogP contribution in [0.2, 0.25) is 0 Å². The van der Waals surface area contributed by atoms with Crippen LogP contribution in [0, 0.1) is 0 Å². The van der Waals surface area contributed by atoms with Crippen LogP contribution in [-0.2, 0) is 0 Å². The highest BCUT2D eigenvalue weighted by molar-refractivity contribution is 5.51. The molecule has 0 saturated heterocycles. The Bertz CT molecular complexity index is 417. The van der Waals surface area contributed by atoms with Crippen LogP contribution < -0.4 is 14.2 Å². The highest BCUT2D eigenvalue weighted by Gasteiger charge is 2.41. The van der Waals surface area contributed by atoms with Gasteiger partial charge in [0.2, 0.25) is 0 Å². The fraction of sp³-hybridized carbons (Fsp3) is 0.455. The normalized spacial score (nSPS) is 13.1. The van der Waals surface area contributed by atoms with Crippen molar-refractivity contribution in [3.63, 3.8) is 0 Å². The number of hydrogen-bond acceptors (Lipinski definition) is 4. The quantitative estimate of drug-likeness (QED) is 0.908. The standard InChI is InChI=1S/C11H13F3O4/c1-16-7-5-9(18-3)8(17-2)4-6(7)10(15)11(12,13)14/h4-5,10,15H,1-3H3. The van der Waals surface area contributed by atoms with Crippen LogP contribution in [0.1, 0.15) is 11.7 Å². The van der Waals surface area contributed by atoms with E-state index in [0.717, 1.165) is 6.07 Å². The molecule has 4 nitrogen and oxygen atoms in total. The highest BCUT2D eigenvalue weighted by atomic mass is 19.4. The fourth-order valence-corrected chi connectivity index (χ4v) is 1.44. The first kappa shape index (κ1) is 14.4. The fourth-order valence-electron chi connectivity index (χ4n) is 1.44. The van der Waals surface area contributed by atoms with Gasteiger partial charge >= 0.3 is 6.18 Å². The van der Waals surface area contributed by atoms with Crippen molar-refractivity contribution < 1.29 is 32.5 Å². The third kappa shape index (κ3) is 2.79. The maximum Gasteiger partial charge on any atom is 0.418 e. The van der Waals surface area contributed by atoms with Gasteiger partial charge in [-0.25, -0.2) is 0 Å². The molecule has 0 aliphatic carbocycles. The highest BCUT2D eigenvalue weighted by Crippen LogP contribution is 2.42. The Kier molecular flexibility index (Phi) is 4.28. The summed E-state index contributed by atoms with van der Waals surface area (Å²) in [4.78, 5) is 0. The summed E-state index contributed by atoms with van der Waals surface area (Å²) in [5.41, 5.74) is -0.428. The topological polar surface area (TPSA) is 47.9 Å². The number of hydrogen-bond donors (Lipinski definition) is 1. The van der Waals surface area contributed by atoms with Crippen LogP contribution in [0.25, 0.3) is 0 Å². The molecule has 18 heavy (non-hydrogen) atoms. The smallest absolute Gasteiger partial charge is 0.418 e. The molecule has 0 saturated carbocycles. The maximum atomic E-state index is 12.5. The third-order valence-electron chi connectivity index (χ3n) is 2.34. The molecule has 1 aromatic rings. The van der Waals surface area contributed by atoms with E-state index in [1.54, 1.807) is 0 Å². The van der Waals surface area contributed by atoms with Crippen molar-refractivity contribution in [3.8, 4) is 17.2 Å². The molecule has 0 spiro atoms. The molecular weight excluding hydrogens is 253 g/mol. The van der Waals surface area contributed by atoms with Gasteiger partial charge in [-0.15, -0.1) is 0 Å². The van der Waals surface area contributed by atoms with Crippen molar-refractivity contribution in [2.45, 2.75) is 12.3 Å². The second kappa shape index (κ2) is 5.34. The summed E-state index contributed by atoms with van der Waals surface area (Å²) in [6.45, 7) is 0. The molecule has 1 N–H and O–H groups in total. The van der Waals surface area contributed by atoms with Gasteiger partial charge in [0, 0.05) is 11.6 Å². The predicted octanol–water partition coefficient (Wildman–Crippen LogP) is 2.31. The molecule has 1 atom stereocenters. The number of rotatable bonds is 4. The van der Waals surface area contributed by atoms with E-state index >= 15 is 0 Å². The molecule has 0 aromatic heterocycles. The second-order valence-corrected chi connectivity index (χ2v) is 3.39. The van der Waals surface area contributed by atoms with E-state index in [1.807, 2.05) is 0 Å². The van der Waals surface area contributed by atoms with Gasteiger partial charge in [-0.3, -0.25) is 0 Å². The largest absolute Gasteiger partial charge is 0.496 e. The minimum Gasteiger partial charge on any atom is -0.496 e. The Labute approximate surface area is 102 Å². The molecule has 102 valence electrons. The van der Waals surface area contributed by atoms with E-state index in [1.165, 1.54) is 27.4 Å². The molecule has 0 bridgehead atoms. The van der Waals surface area contributed by atoms with Gasteiger partial charge in [0.15, 0.2) is 17.6 Å². The van der Waals surface area contributed by atoms with Gasteiger partial charge in [-0.2, -0.15) is 13.2 Å². The van der Waals surface area contributed by atoms with Crippen molar-refractivity contribution in [1.29, 1.82) is 0 Å². The number of halogens is 3. The summed E-state index contributed by atoms with van der Waals surface area (Å²) in [7, 11) is 3.83. The Balaban J connectivity index is 3.34. The van der Waals surface area contributed by atoms with Crippen molar-refractivity contribution in [2.24, 2.45) is 0 Å². The molecule has 0 aliphatic rings. The van der Waals surface area contributed by atoms with E-state index in [2.05, 4.69) is 0 Å². The first-order valence-corrected chi connectivity index (χ1v) is 4.89.